The summed E-state index contributed by atoms with van der Waals surface area (Å²) in [6.45, 7) is 6.79. The maximum atomic E-state index is 13.3. The highest BCUT2D eigenvalue weighted by molar-refractivity contribution is 5.93. The van der Waals surface area contributed by atoms with Crippen molar-refractivity contribution in [3.63, 3.8) is 0 Å². The number of carbonyl (C=O) groups is 2. The minimum Gasteiger partial charge on any atom is -0.478 e. The zero-order valence-electron chi connectivity index (χ0n) is 18.3. The fourth-order valence-corrected chi connectivity index (χ4v) is 4.34. The summed E-state index contributed by atoms with van der Waals surface area (Å²) in [5, 5.41) is 13.9. The van der Waals surface area contributed by atoms with Crippen LogP contribution in [0.25, 0.3) is 16.9 Å². The predicted octanol–water partition coefficient (Wildman–Crippen LogP) is 4.37. The van der Waals surface area contributed by atoms with Gasteiger partial charge < -0.3 is 10.0 Å². The van der Waals surface area contributed by atoms with E-state index >= 15 is 0 Å². The van der Waals surface area contributed by atoms with Gasteiger partial charge in [0.2, 0.25) is 0 Å². The summed E-state index contributed by atoms with van der Waals surface area (Å²) in [5.41, 5.74) is 4.65. The summed E-state index contributed by atoms with van der Waals surface area (Å²) in [6, 6.07) is 8.93. The number of amides is 1. The van der Waals surface area contributed by atoms with E-state index < -0.39 is 5.97 Å². The Kier molecular flexibility index (Phi) is 5.76. The molecule has 0 spiro atoms. The van der Waals surface area contributed by atoms with Gasteiger partial charge in [-0.1, -0.05) is 25.8 Å². The molecule has 0 bridgehead atoms. The number of nitrogens with zero attached hydrogens (tertiary/aromatic N) is 4. The van der Waals surface area contributed by atoms with E-state index in [2.05, 4.69) is 11.9 Å². The molecule has 1 fully saturated rings. The van der Waals surface area contributed by atoms with Crippen molar-refractivity contribution in [2.75, 3.05) is 6.54 Å². The molecule has 1 N–H and O–H groups in total. The molecule has 1 aliphatic rings. The molecule has 1 amide bonds. The van der Waals surface area contributed by atoms with E-state index in [0.717, 1.165) is 49.0 Å². The summed E-state index contributed by atoms with van der Waals surface area (Å²) in [4.78, 5) is 31.1. The minimum absolute atomic E-state index is 0.0173. The average molecular weight is 421 g/mol. The van der Waals surface area contributed by atoms with E-state index in [4.69, 9.17) is 5.10 Å². The number of aromatic nitrogens is 3. The lowest BCUT2D eigenvalue weighted by atomic mass is 10.0. The Balaban J connectivity index is 1.75. The van der Waals surface area contributed by atoms with Crippen LogP contribution in [0.3, 0.4) is 0 Å². The number of hydrogen-bond donors (Lipinski definition) is 1. The molecular weight excluding hydrogens is 392 g/mol. The summed E-state index contributed by atoms with van der Waals surface area (Å²) in [6.07, 6.45) is 5.09. The Bertz CT molecular complexity index is 1150. The van der Waals surface area contributed by atoms with Gasteiger partial charge in [0.05, 0.1) is 11.3 Å². The molecule has 4 rings (SSSR count). The number of hydrogen-bond acceptors (Lipinski definition) is 4. The molecule has 1 aromatic carbocycles. The third-order valence-electron chi connectivity index (χ3n) is 6.15. The molecule has 0 saturated carbocycles. The van der Waals surface area contributed by atoms with Gasteiger partial charge in [0.1, 0.15) is 5.69 Å². The molecule has 0 radical (unpaired) electrons. The quantitative estimate of drug-likeness (QED) is 0.677. The molecule has 7 heteroatoms. The highest BCUT2D eigenvalue weighted by Crippen LogP contribution is 2.26. The Labute approximate surface area is 181 Å². The second-order valence-electron chi connectivity index (χ2n) is 8.32. The first-order valence-corrected chi connectivity index (χ1v) is 10.9. The van der Waals surface area contributed by atoms with Crippen LogP contribution >= 0.6 is 0 Å². The van der Waals surface area contributed by atoms with Gasteiger partial charge in [-0.25, -0.2) is 14.3 Å². The standard InChI is InChI=1S/C24H28N4O3/c1-4-18-13-21(23(29)27-11-7-5-6-8-16(27)3)25-22-14-20(26-28(18)22)19-10-9-17(24(30)31)12-15(19)2/h9-10,12-14,16H,4-8,11H2,1-3H3,(H,30,31)/t16-/m1/s1. The first kappa shape index (κ1) is 21.0. The molecule has 3 heterocycles. The number of aromatic carboxylic acids is 1. The first-order chi connectivity index (χ1) is 14.9. The topological polar surface area (TPSA) is 87.8 Å². The molecule has 31 heavy (non-hydrogen) atoms. The van der Waals surface area contributed by atoms with Crippen LogP contribution in [0, 0.1) is 6.92 Å². The van der Waals surface area contributed by atoms with Gasteiger partial charge in [-0.3, -0.25) is 4.79 Å². The number of rotatable bonds is 4. The second-order valence-corrected chi connectivity index (χ2v) is 8.32. The van der Waals surface area contributed by atoms with Crippen LogP contribution in [0.15, 0.2) is 30.3 Å². The molecule has 2 aromatic heterocycles. The lowest BCUT2D eigenvalue weighted by Gasteiger charge is -2.27. The molecule has 7 nitrogen and oxygen atoms in total. The van der Waals surface area contributed by atoms with Crippen molar-refractivity contribution < 1.29 is 14.7 Å². The molecule has 0 aliphatic carbocycles. The monoisotopic (exact) mass is 420 g/mol. The van der Waals surface area contributed by atoms with Gasteiger partial charge in [-0.2, -0.15) is 5.10 Å². The number of likely N-dealkylation sites (tertiary alicyclic amines) is 1. The summed E-state index contributed by atoms with van der Waals surface area (Å²) in [5.74, 6) is -0.971. The summed E-state index contributed by atoms with van der Waals surface area (Å²) < 4.78 is 1.78. The molecule has 3 aromatic rings. The number of fused-ring (bicyclic) bond motifs is 1. The largest absolute Gasteiger partial charge is 0.478 e. The Morgan fingerprint density at radius 3 is 2.68 bits per heavy atom. The fourth-order valence-electron chi connectivity index (χ4n) is 4.34. The summed E-state index contributed by atoms with van der Waals surface area (Å²) in [7, 11) is 0. The van der Waals surface area contributed by atoms with Crippen molar-refractivity contribution in [1.29, 1.82) is 0 Å². The van der Waals surface area contributed by atoms with Crippen molar-refractivity contribution in [3.05, 3.63) is 52.8 Å². The van der Waals surface area contributed by atoms with Crippen LogP contribution in [-0.2, 0) is 6.42 Å². The van der Waals surface area contributed by atoms with E-state index in [-0.39, 0.29) is 17.5 Å². The third kappa shape index (κ3) is 4.04. The SMILES string of the molecule is CCc1cc(C(=O)N2CCCCC[C@H]2C)nc2cc(-c3ccc(C(=O)O)cc3C)nn12. The van der Waals surface area contributed by atoms with E-state index in [1.165, 1.54) is 0 Å². The zero-order chi connectivity index (χ0) is 22.1. The van der Waals surface area contributed by atoms with Crippen LogP contribution in [0.4, 0.5) is 0 Å². The molecule has 1 aliphatic heterocycles. The number of carboxylic acids is 1. The smallest absolute Gasteiger partial charge is 0.335 e. The van der Waals surface area contributed by atoms with Crippen LogP contribution in [0.1, 0.15) is 71.6 Å². The van der Waals surface area contributed by atoms with Gasteiger partial charge in [-0.15, -0.1) is 0 Å². The molecule has 162 valence electrons. The van der Waals surface area contributed by atoms with E-state index in [1.807, 2.05) is 30.9 Å². The third-order valence-corrected chi connectivity index (χ3v) is 6.15. The van der Waals surface area contributed by atoms with Crippen LogP contribution < -0.4 is 0 Å². The second kappa shape index (κ2) is 8.49. The van der Waals surface area contributed by atoms with Crippen molar-refractivity contribution >= 4 is 17.5 Å². The predicted molar refractivity (Wildman–Crippen MR) is 118 cm³/mol. The van der Waals surface area contributed by atoms with Crippen molar-refractivity contribution in [2.24, 2.45) is 0 Å². The number of benzene rings is 1. The van der Waals surface area contributed by atoms with Crippen LogP contribution in [0.2, 0.25) is 0 Å². The maximum Gasteiger partial charge on any atom is 0.335 e. The van der Waals surface area contributed by atoms with E-state index in [1.54, 1.807) is 22.7 Å². The average Bonchev–Trinajstić information content (AvgIpc) is 3.06. The van der Waals surface area contributed by atoms with E-state index in [0.29, 0.717) is 23.5 Å². The number of carbonyl (C=O) groups excluding carboxylic acids is 1. The normalized spacial score (nSPS) is 17.0. The highest BCUT2D eigenvalue weighted by Gasteiger charge is 2.25. The lowest BCUT2D eigenvalue weighted by molar-refractivity contribution is 0.0684. The fraction of sp³-hybridized carbons (Fsp3) is 0.417. The molecule has 0 unspecified atom stereocenters. The zero-order valence-corrected chi connectivity index (χ0v) is 18.3. The Hall–Kier alpha value is -3.22. The van der Waals surface area contributed by atoms with Gasteiger partial charge in [0.15, 0.2) is 5.65 Å². The van der Waals surface area contributed by atoms with Crippen LogP contribution in [-0.4, -0.2) is 49.1 Å². The number of carboxylic acid groups (broad SMARTS) is 1. The Morgan fingerprint density at radius 1 is 1.16 bits per heavy atom. The summed E-state index contributed by atoms with van der Waals surface area (Å²) >= 11 is 0. The maximum absolute atomic E-state index is 13.3. The molecule has 1 atom stereocenters. The first-order valence-electron chi connectivity index (χ1n) is 10.9. The van der Waals surface area contributed by atoms with Crippen molar-refractivity contribution in [1.82, 2.24) is 19.5 Å². The highest BCUT2D eigenvalue weighted by atomic mass is 16.4. The van der Waals surface area contributed by atoms with E-state index in [9.17, 15) is 14.7 Å². The Morgan fingerprint density at radius 2 is 1.97 bits per heavy atom. The van der Waals surface area contributed by atoms with Gasteiger partial charge in [-0.05, 0) is 56.9 Å². The van der Waals surface area contributed by atoms with Crippen molar-refractivity contribution in [2.45, 2.75) is 58.9 Å². The molecular formula is C24H28N4O3. The van der Waals surface area contributed by atoms with Crippen LogP contribution in [0.5, 0.6) is 0 Å². The van der Waals surface area contributed by atoms with Crippen molar-refractivity contribution in [3.8, 4) is 11.3 Å². The lowest BCUT2D eigenvalue weighted by Crippen LogP contribution is -2.38. The minimum atomic E-state index is -0.953. The van der Waals surface area contributed by atoms with Gasteiger partial charge in [0, 0.05) is 29.9 Å². The number of aryl methyl sites for hydroxylation is 2. The van der Waals surface area contributed by atoms with Gasteiger partial charge in [0.25, 0.3) is 5.91 Å². The van der Waals surface area contributed by atoms with Gasteiger partial charge >= 0.3 is 5.97 Å². The molecule has 1 saturated heterocycles.